The molecular formula is C11H21NO3S. The van der Waals surface area contributed by atoms with Crippen molar-refractivity contribution in [2.45, 2.75) is 38.4 Å². The Bertz CT molecular complexity index is 329. The van der Waals surface area contributed by atoms with Gasteiger partial charge in [-0.3, -0.25) is 4.79 Å². The zero-order valence-electron chi connectivity index (χ0n) is 10.0. The Morgan fingerprint density at radius 3 is 2.38 bits per heavy atom. The van der Waals surface area contributed by atoms with Crippen LogP contribution in [0.1, 0.15) is 33.1 Å². The molecule has 1 heterocycles. The maximum absolute atomic E-state index is 11.8. The van der Waals surface area contributed by atoms with E-state index < -0.39 is 9.84 Å². The first-order valence-electron chi connectivity index (χ1n) is 5.88. The Hall–Kier alpha value is -0.420. The average molecular weight is 247 g/mol. The maximum atomic E-state index is 11.8. The summed E-state index contributed by atoms with van der Waals surface area (Å²) in [5.74, 6) is 0.197. The molecule has 94 valence electrons. The zero-order chi connectivity index (χ0) is 12.2. The molecule has 0 atom stereocenters. The van der Waals surface area contributed by atoms with E-state index in [4.69, 9.17) is 0 Å². The van der Waals surface area contributed by atoms with E-state index in [9.17, 15) is 13.2 Å². The fourth-order valence-electron chi connectivity index (χ4n) is 1.83. The van der Waals surface area contributed by atoms with Crippen molar-refractivity contribution in [2.75, 3.05) is 18.8 Å². The van der Waals surface area contributed by atoms with Gasteiger partial charge in [-0.05, 0) is 39.8 Å². The van der Waals surface area contributed by atoms with Crippen LogP contribution in [-0.2, 0) is 14.6 Å². The van der Waals surface area contributed by atoms with Gasteiger partial charge in [-0.1, -0.05) is 0 Å². The quantitative estimate of drug-likeness (QED) is 0.779. The number of hydrogen-bond acceptors (Lipinski definition) is 4. The lowest BCUT2D eigenvalue weighted by atomic mass is 9.92. The molecule has 1 rings (SSSR count). The molecule has 1 aliphatic rings. The molecule has 1 aliphatic heterocycles. The summed E-state index contributed by atoms with van der Waals surface area (Å²) in [6.45, 7) is 5.05. The van der Waals surface area contributed by atoms with Gasteiger partial charge in [0.2, 0.25) is 0 Å². The molecule has 0 bridgehead atoms. The molecule has 0 saturated carbocycles. The van der Waals surface area contributed by atoms with Crippen LogP contribution in [0.25, 0.3) is 0 Å². The van der Waals surface area contributed by atoms with Crippen LogP contribution in [0, 0.1) is 5.92 Å². The van der Waals surface area contributed by atoms with Crippen molar-refractivity contribution in [1.82, 2.24) is 5.32 Å². The topological polar surface area (TPSA) is 63.2 Å². The SMILES string of the molecule is CC(C)S(=O)(=O)CCC(=O)C1CCNCC1. The Kier molecular flexibility index (Phi) is 4.92. The van der Waals surface area contributed by atoms with E-state index in [0.29, 0.717) is 0 Å². The highest BCUT2D eigenvalue weighted by atomic mass is 32.2. The van der Waals surface area contributed by atoms with Crippen molar-refractivity contribution < 1.29 is 13.2 Å². The second kappa shape index (κ2) is 5.77. The van der Waals surface area contributed by atoms with Crippen LogP contribution in [-0.4, -0.2) is 38.3 Å². The molecular weight excluding hydrogens is 226 g/mol. The van der Waals surface area contributed by atoms with Crippen molar-refractivity contribution in [2.24, 2.45) is 5.92 Å². The van der Waals surface area contributed by atoms with E-state index in [1.807, 2.05) is 0 Å². The number of sulfone groups is 1. The number of nitrogens with one attached hydrogen (secondary N) is 1. The van der Waals surface area contributed by atoms with Crippen LogP contribution in [0.3, 0.4) is 0 Å². The van der Waals surface area contributed by atoms with Gasteiger partial charge < -0.3 is 5.32 Å². The van der Waals surface area contributed by atoms with Crippen molar-refractivity contribution in [3.05, 3.63) is 0 Å². The highest BCUT2D eigenvalue weighted by molar-refractivity contribution is 7.91. The second-order valence-corrected chi connectivity index (χ2v) is 7.33. The first-order chi connectivity index (χ1) is 7.43. The monoisotopic (exact) mass is 247 g/mol. The zero-order valence-corrected chi connectivity index (χ0v) is 10.8. The van der Waals surface area contributed by atoms with E-state index >= 15 is 0 Å². The highest BCUT2D eigenvalue weighted by Crippen LogP contribution is 2.15. The van der Waals surface area contributed by atoms with E-state index in [0.717, 1.165) is 25.9 Å². The van der Waals surface area contributed by atoms with Gasteiger partial charge in [0.05, 0.1) is 11.0 Å². The molecule has 0 aliphatic carbocycles. The lowest BCUT2D eigenvalue weighted by molar-refractivity contribution is -0.123. The predicted molar refractivity (Wildman–Crippen MR) is 64.1 cm³/mol. The Balaban J connectivity index is 2.40. The van der Waals surface area contributed by atoms with Crippen LogP contribution in [0.4, 0.5) is 0 Å². The minimum atomic E-state index is -3.07. The standard InChI is InChI=1S/C11H21NO3S/c1-9(2)16(14,15)8-5-11(13)10-3-6-12-7-4-10/h9-10,12H,3-8H2,1-2H3. The molecule has 0 unspecified atom stereocenters. The molecule has 1 fully saturated rings. The summed E-state index contributed by atoms with van der Waals surface area (Å²) in [5, 5.41) is 2.81. The van der Waals surface area contributed by atoms with Crippen LogP contribution >= 0.6 is 0 Å². The summed E-state index contributed by atoms with van der Waals surface area (Å²) < 4.78 is 23.1. The molecule has 16 heavy (non-hydrogen) atoms. The second-order valence-electron chi connectivity index (χ2n) is 4.66. The van der Waals surface area contributed by atoms with Crippen LogP contribution < -0.4 is 5.32 Å². The molecule has 4 nitrogen and oxygen atoms in total. The average Bonchev–Trinajstić information content (AvgIpc) is 2.27. The number of carbonyl (C=O) groups is 1. The van der Waals surface area contributed by atoms with Crippen molar-refractivity contribution >= 4 is 15.6 Å². The summed E-state index contributed by atoms with van der Waals surface area (Å²) in [6, 6.07) is 0. The van der Waals surface area contributed by atoms with Crippen molar-refractivity contribution in [3.8, 4) is 0 Å². The normalized spacial score (nSPS) is 18.9. The van der Waals surface area contributed by atoms with Gasteiger partial charge in [0.15, 0.2) is 9.84 Å². The molecule has 1 saturated heterocycles. The first-order valence-corrected chi connectivity index (χ1v) is 7.60. The van der Waals surface area contributed by atoms with Gasteiger partial charge in [0.25, 0.3) is 0 Å². The molecule has 0 aromatic rings. The number of piperidine rings is 1. The largest absolute Gasteiger partial charge is 0.317 e. The predicted octanol–water partition coefficient (Wildman–Crippen LogP) is 0.768. The van der Waals surface area contributed by atoms with Crippen molar-refractivity contribution in [3.63, 3.8) is 0 Å². The highest BCUT2D eigenvalue weighted by Gasteiger charge is 2.23. The number of Topliss-reactive ketones (excluding diaryl/α,β-unsaturated/α-hetero) is 1. The summed E-state index contributed by atoms with van der Waals surface area (Å²) in [7, 11) is -3.07. The lowest BCUT2D eigenvalue weighted by Gasteiger charge is -2.21. The van der Waals surface area contributed by atoms with Crippen LogP contribution in [0.15, 0.2) is 0 Å². The Labute approximate surface area is 97.7 Å². The minimum Gasteiger partial charge on any atom is -0.317 e. The molecule has 0 spiro atoms. The smallest absolute Gasteiger partial charge is 0.153 e. The third kappa shape index (κ3) is 3.87. The fourth-order valence-corrected chi connectivity index (χ4v) is 2.78. The summed E-state index contributed by atoms with van der Waals surface area (Å²) >= 11 is 0. The summed E-state index contributed by atoms with van der Waals surface area (Å²) in [4.78, 5) is 11.8. The van der Waals surface area contributed by atoms with Gasteiger partial charge in [-0.25, -0.2) is 8.42 Å². The van der Waals surface area contributed by atoms with E-state index in [-0.39, 0.29) is 29.1 Å². The third-order valence-electron chi connectivity index (χ3n) is 3.15. The lowest BCUT2D eigenvalue weighted by Crippen LogP contribution is -2.32. The molecule has 0 radical (unpaired) electrons. The van der Waals surface area contributed by atoms with E-state index in [1.54, 1.807) is 13.8 Å². The fraction of sp³-hybridized carbons (Fsp3) is 0.909. The maximum Gasteiger partial charge on any atom is 0.153 e. The molecule has 0 amide bonds. The molecule has 0 aromatic carbocycles. The first kappa shape index (κ1) is 13.6. The Morgan fingerprint density at radius 2 is 1.88 bits per heavy atom. The van der Waals surface area contributed by atoms with Crippen LogP contribution in [0.2, 0.25) is 0 Å². The van der Waals surface area contributed by atoms with E-state index in [2.05, 4.69) is 5.32 Å². The van der Waals surface area contributed by atoms with Crippen LogP contribution in [0.5, 0.6) is 0 Å². The molecule has 0 aromatic heterocycles. The van der Waals surface area contributed by atoms with Gasteiger partial charge in [0, 0.05) is 12.3 Å². The van der Waals surface area contributed by atoms with Gasteiger partial charge in [-0.15, -0.1) is 0 Å². The third-order valence-corrected chi connectivity index (χ3v) is 5.36. The number of ketones is 1. The molecule has 1 N–H and O–H groups in total. The van der Waals surface area contributed by atoms with Gasteiger partial charge in [-0.2, -0.15) is 0 Å². The number of carbonyl (C=O) groups excluding carboxylic acids is 1. The number of rotatable bonds is 5. The van der Waals surface area contributed by atoms with Crippen molar-refractivity contribution in [1.29, 1.82) is 0 Å². The van der Waals surface area contributed by atoms with E-state index in [1.165, 1.54) is 0 Å². The molecule has 5 heteroatoms. The van der Waals surface area contributed by atoms with Gasteiger partial charge in [0.1, 0.15) is 5.78 Å². The summed E-state index contributed by atoms with van der Waals surface area (Å²) in [6.07, 6.45) is 1.88. The minimum absolute atomic E-state index is 0.00737. The Morgan fingerprint density at radius 1 is 1.31 bits per heavy atom. The number of hydrogen-bond donors (Lipinski definition) is 1. The van der Waals surface area contributed by atoms with Gasteiger partial charge >= 0.3 is 0 Å². The summed E-state index contributed by atoms with van der Waals surface area (Å²) in [5.41, 5.74) is 0.